The molecule has 1 aromatic carbocycles. The number of rotatable bonds is 6. The minimum Gasteiger partial charge on any atom is -0.471 e. The first-order chi connectivity index (χ1) is 14.5. The molecular weight excluding hydrogens is 396 g/mol. The minimum absolute atomic E-state index is 0.00782. The number of anilines is 1. The zero-order valence-corrected chi connectivity index (χ0v) is 16.0. The van der Waals surface area contributed by atoms with Crippen molar-refractivity contribution < 1.29 is 29.6 Å². The fourth-order valence-electron chi connectivity index (χ4n) is 3.23. The number of amides is 1. The first-order valence-electron chi connectivity index (χ1n) is 9.29. The second kappa shape index (κ2) is 8.32. The first kappa shape index (κ1) is 20.2. The third-order valence-electron chi connectivity index (χ3n) is 4.69. The lowest BCUT2D eigenvalue weighted by Crippen LogP contribution is -2.33. The Bertz CT molecular complexity index is 1040. The highest BCUT2D eigenvalue weighted by Gasteiger charge is 2.44. The zero-order valence-electron chi connectivity index (χ0n) is 16.0. The number of nitrogens with zero attached hydrogens (tertiary/aromatic N) is 4. The standard InChI is InChI=1S/C19H21N5O6/c1-10(26)21-19-22-16-13(17(23-19)29-8-11-5-3-2-4-6-11)20-9-24(16)18-15(28)14(27)12(7-25)30-18/h2-6,9,12,14-15,18,25,27-28H,7-8H2,1H3,(H,21,22,23,26)/t12-,14-,15-,18-/m1/s1/i8+2. The number of aliphatic hydroxyl groups excluding tert-OH is 3. The lowest BCUT2D eigenvalue weighted by molar-refractivity contribution is -0.114. The molecule has 30 heavy (non-hydrogen) atoms. The molecule has 158 valence electrons. The number of benzene rings is 1. The number of hydrogen-bond acceptors (Lipinski definition) is 9. The summed E-state index contributed by atoms with van der Waals surface area (Å²) < 4.78 is 12.8. The van der Waals surface area contributed by atoms with Gasteiger partial charge in [-0.25, -0.2) is 4.98 Å². The molecule has 0 spiro atoms. The van der Waals surface area contributed by atoms with Gasteiger partial charge in [0.05, 0.1) is 12.9 Å². The van der Waals surface area contributed by atoms with Crippen molar-refractivity contribution in [1.29, 1.82) is 0 Å². The Hall–Kier alpha value is -3.12. The number of hydrogen-bond donors (Lipinski definition) is 4. The van der Waals surface area contributed by atoms with Gasteiger partial charge in [-0.05, 0) is 5.56 Å². The van der Waals surface area contributed by atoms with Crippen LogP contribution in [-0.4, -0.2) is 65.7 Å². The third-order valence-corrected chi connectivity index (χ3v) is 4.69. The van der Waals surface area contributed by atoms with E-state index in [0.29, 0.717) is 0 Å². The topological polar surface area (TPSA) is 152 Å². The Kier molecular flexibility index (Phi) is 5.59. The van der Waals surface area contributed by atoms with E-state index in [1.165, 1.54) is 17.8 Å². The third kappa shape index (κ3) is 3.83. The second-order valence-corrected chi connectivity index (χ2v) is 6.86. The Morgan fingerprint density at radius 1 is 1.27 bits per heavy atom. The molecule has 11 heteroatoms. The maximum atomic E-state index is 11.5. The van der Waals surface area contributed by atoms with Crippen LogP contribution in [0.2, 0.25) is 0 Å². The van der Waals surface area contributed by atoms with E-state index in [1.54, 1.807) is 0 Å². The normalized spacial score (nSPS) is 23.6. The van der Waals surface area contributed by atoms with Crippen LogP contribution in [0.1, 0.15) is 18.7 Å². The highest BCUT2D eigenvalue weighted by Crippen LogP contribution is 2.33. The summed E-state index contributed by atoms with van der Waals surface area (Å²) in [5.41, 5.74) is 1.43. The summed E-state index contributed by atoms with van der Waals surface area (Å²) in [4.78, 5) is 24.3. The summed E-state index contributed by atoms with van der Waals surface area (Å²) in [6.45, 7) is 1.08. The SMILES string of the molecule is CC(=O)Nc1nc(O[14CH2]c2ccccc2)c2ncn([C@@H]3O[C@H](CO)[C@@H](O)[C@H]3O)c2n1. The molecular formula is C19H21N5O6. The van der Waals surface area contributed by atoms with E-state index in [2.05, 4.69) is 20.3 Å². The number of aliphatic hydroxyl groups is 3. The molecule has 3 aromatic rings. The van der Waals surface area contributed by atoms with Crippen molar-refractivity contribution >= 4 is 23.0 Å². The molecule has 3 heterocycles. The maximum absolute atomic E-state index is 11.5. The van der Waals surface area contributed by atoms with Crippen LogP contribution in [-0.2, 0) is 16.1 Å². The Morgan fingerprint density at radius 2 is 2.03 bits per heavy atom. The van der Waals surface area contributed by atoms with Gasteiger partial charge in [-0.1, -0.05) is 30.3 Å². The molecule has 1 aliphatic heterocycles. The van der Waals surface area contributed by atoms with E-state index >= 15 is 0 Å². The molecule has 11 nitrogen and oxygen atoms in total. The number of fused-ring (bicyclic) bond motifs is 1. The summed E-state index contributed by atoms with van der Waals surface area (Å²) in [6, 6.07) is 9.44. The van der Waals surface area contributed by atoms with Crippen molar-refractivity contribution in [2.45, 2.75) is 38.1 Å². The molecule has 1 amide bonds. The highest BCUT2D eigenvalue weighted by atomic mass is 16.7. The predicted molar refractivity (Wildman–Crippen MR) is 103 cm³/mol. The molecule has 0 aliphatic carbocycles. The summed E-state index contributed by atoms with van der Waals surface area (Å²) in [5.74, 6) is -0.244. The monoisotopic (exact) mass is 417 g/mol. The highest BCUT2D eigenvalue weighted by molar-refractivity contribution is 5.88. The Labute approximate surface area is 170 Å². The van der Waals surface area contributed by atoms with E-state index in [-0.39, 0.29) is 35.5 Å². The number of nitrogens with one attached hydrogen (secondary N) is 1. The molecule has 1 aliphatic rings. The van der Waals surface area contributed by atoms with E-state index in [4.69, 9.17) is 9.47 Å². The lowest BCUT2D eigenvalue weighted by Gasteiger charge is -2.17. The number of ether oxygens (including phenoxy) is 2. The van der Waals surface area contributed by atoms with E-state index < -0.39 is 31.1 Å². The van der Waals surface area contributed by atoms with Gasteiger partial charge in [0.1, 0.15) is 24.9 Å². The number of carbonyl (C=O) groups excluding carboxylic acids is 1. The van der Waals surface area contributed by atoms with Crippen molar-refractivity contribution in [2.75, 3.05) is 11.9 Å². The summed E-state index contributed by atoms with van der Waals surface area (Å²) >= 11 is 0. The number of imidazole rings is 1. The van der Waals surface area contributed by atoms with Crippen LogP contribution in [0, 0.1) is 0 Å². The van der Waals surface area contributed by atoms with Crippen LogP contribution in [0.5, 0.6) is 5.88 Å². The van der Waals surface area contributed by atoms with Crippen molar-refractivity contribution in [3.63, 3.8) is 0 Å². The largest absolute Gasteiger partial charge is 0.471 e. The average Bonchev–Trinajstić information content (AvgIpc) is 3.27. The van der Waals surface area contributed by atoms with Gasteiger partial charge in [-0.15, -0.1) is 0 Å². The Balaban J connectivity index is 1.72. The van der Waals surface area contributed by atoms with Gasteiger partial charge < -0.3 is 24.8 Å². The molecule has 0 saturated carbocycles. The van der Waals surface area contributed by atoms with Crippen molar-refractivity contribution in [2.24, 2.45) is 0 Å². The van der Waals surface area contributed by atoms with Crippen molar-refractivity contribution in [3.05, 3.63) is 42.2 Å². The maximum Gasteiger partial charge on any atom is 0.247 e. The van der Waals surface area contributed by atoms with Gasteiger partial charge in [0, 0.05) is 6.92 Å². The van der Waals surface area contributed by atoms with Gasteiger partial charge >= 0.3 is 0 Å². The van der Waals surface area contributed by atoms with Crippen molar-refractivity contribution in [3.8, 4) is 5.88 Å². The van der Waals surface area contributed by atoms with Crippen LogP contribution >= 0.6 is 0 Å². The van der Waals surface area contributed by atoms with Gasteiger partial charge in [0.15, 0.2) is 17.4 Å². The van der Waals surface area contributed by atoms with Gasteiger partial charge in [-0.2, -0.15) is 9.97 Å². The summed E-state index contributed by atoms with van der Waals surface area (Å²) in [7, 11) is 0. The van der Waals surface area contributed by atoms with E-state index in [1.807, 2.05) is 30.3 Å². The van der Waals surface area contributed by atoms with Crippen LogP contribution in [0.25, 0.3) is 11.2 Å². The van der Waals surface area contributed by atoms with E-state index in [0.717, 1.165) is 5.56 Å². The zero-order chi connectivity index (χ0) is 21.3. The molecule has 0 unspecified atom stereocenters. The van der Waals surface area contributed by atoms with Crippen LogP contribution in [0.15, 0.2) is 36.7 Å². The number of aromatic nitrogens is 4. The quantitative estimate of drug-likeness (QED) is 0.433. The van der Waals surface area contributed by atoms with Gasteiger partial charge in [0.2, 0.25) is 17.7 Å². The molecule has 1 saturated heterocycles. The molecule has 4 rings (SSSR count). The molecule has 2 aromatic heterocycles. The molecule has 1 fully saturated rings. The smallest absolute Gasteiger partial charge is 0.247 e. The van der Waals surface area contributed by atoms with Crippen LogP contribution < -0.4 is 10.1 Å². The predicted octanol–water partition coefficient (Wildman–Crippen LogP) is -0.0248. The molecule has 0 bridgehead atoms. The number of carbonyl (C=O) groups is 1. The summed E-state index contributed by atoms with van der Waals surface area (Å²) in [6.07, 6.45) is -3.21. The van der Waals surface area contributed by atoms with Gasteiger partial charge in [0.25, 0.3) is 0 Å². The van der Waals surface area contributed by atoms with Crippen LogP contribution in [0.4, 0.5) is 5.95 Å². The first-order valence-corrected chi connectivity index (χ1v) is 9.29. The molecule has 4 N–H and O–H groups in total. The molecule has 0 radical (unpaired) electrons. The minimum atomic E-state index is -1.31. The van der Waals surface area contributed by atoms with Crippen molar-refractivity contribution in [1.82, 2.24) is 19.5 Å². The fraction of sp³-hybridized carbons (Fsp3) is 0.368. The van der Waals surface area contributed by atoms with E-state index in [9.17, 15) is 20.1 Å². The lowest BCUT2D eigenvalue weighted by atomic mass is 10.1. The average molecular weight is 417 g/mol. The fourth-order valence-corrected chi connectivity index (χ4v) is 3.23. The second-order valence-electron chi connectivity index (χ2n) is 6.86. The van der Waals surface area contributed by atoms with Gasteiger partial charge in [-0.3, -0.25) is 14.7 Å². The van der Waals surface area contributed by atoms with Crippen LogP contribution in [0.3, 0.4) is 0 Å². The molecule has 4 atom stereocenters. The summed E-state index contributed by atoms with van der Waals surface area (Å²) in [5, 5.41) is 32.2. The Morgan fingerprint density at radius 3 is 2.70 bits per heavy atom.